The van der Waals surface area contributed by atoms with E-state index in [2.05, 4.69) is 16.4 Å². The van der Waals surface area contributed by atoms with Gasteiger partial charge in [-0.2, -0.15) is 0 Å². The van der Waals surface area contributed by atoms with Gasteiger partial charge in [-0.15, -0.1) is 11.3 Å². The molecule has 0 fully saturated rings. The molecule has 2 aromatic rings. The first-order valence-corrected chi connectivity index (χ1v) is 6.93. The van der Waals surface area contributed by atoms with Crippen molar-refractivity contribution in [3.8, 4) is 5.75 Å². The Morgan fingerprint density at radius 2 is 2.26 bits per heavy atom. The molecule has 0 aromatic carbocycles. The summed E-state index contributed by atoms with van der Waals surface area (Å²) in [5.74, 6) is 0.644. The fourth-order valence-corrected chi connectivity index (χ4v) is 2.64. The summed E-state index contributed by atoms with van der Waals surface area (Å²) in [5, 5.41) is 9.67. The van der Waals surface area contributed by atoms with Gasteiger partial charge in [-0.3, -0.25) is 10.4 Å². The third-order valence-electron chi connectivity index (χ3n) is 2.75. The Kier molecular flexibility index (Phi) is 4.16. The summed E-state index contributed by atoms with van der Waals surface area (Å²) in [5.41, 5.74) is 7.80. The number of hydrogen-bond acceptors (Lipinski definition) is 4. The maximum Gasteiger partial charge on any atom is 0.133 e. The van der Waals surface area contributed by atoms with E-state index in [0.29, 0.717) is 17.9 Å². The van der Waals surface area contributed by atoms with Crippen LogP contribution in [0.1, 0.15) is 21.8 Å². The first-order valence-electron chi connectivity index (χ1n) is 6.05. The van der Waals surface area contributed by atoms with Gasteiger partial charge in [0.25, 0.3) is 0 Å². The van der Waals surface area contributed by atoms with Crippen molar-refractivity contribution < 1.29 is 4.74 Å². The van der Waals surface area contributed by atoms with E-state index in [1.165, 1.54) is 4.88 Å². The van der Waals surface area contributed by atoms with Gasteiger partial charge in [0.15, 0.2) is 0 Å². The minimum Gasteiger partial charge on any atom is -0.492 e. The number of pyridine rings is 1. The van der Waals surface area contributed by atoms with Gasteiger partial charge in [0.1, 0.15) is 11.6 Å². The van der Waals surface area contributed by atoms with E-state index in [1.54, 1.807) is 11.3 Å². The molecule has 0 unspecified atom stereocenters. The summed E-state index contributed by atoms with van der Waals surface area (Å²) in [6, 6.07) is 5.95. The molecule has 2 aromatic heterocycles. The quantitative estimate of drug-likeness (QED) is 0.651. The van der Waals surface area contributed by atoms with Gasteiger partial charge in [0.05, 0.1) is 17.9 Å². The third kappa shape index (κ3) is 3.32. The number of nitrogens with one attached hydrogen (secondary N) is 1. The molecule has 0 amide bonds. The number of amidine groups is 1. The second-order valence-electron chi connectivity index (χ2n) is 4.31. The standard InChI is InChI=1S/C14H17N3OS/c1-9-8-12(13(14(15)16)10(2)17-9)18-6-5-11-4-3-7-19-11/h3-4,7-8H,5-6H2,1-2H3,(H3,15,16). The molecule has 5 heteroatoms. The van der Waals surface area contributed by atoms with Crippen LogP contribution in [0, 0.1) is 19.3 Å². The predicted octanol–water partition coefficient (Wildman–Crippen LogP) is 2.67. The molecule has 100 valence electrons. The second-order valence-corrected chi connectivity index (χ2v) is 5.35. The van der Waals surface area contributed by atoms with Crippen molar-refractivity contribution in [3.63, 3.8) is 0 Å². The summed E-state index contributed by atoms with van der Waals surface area (Å²) in [6.07, 6.45) is 0.857. The minimum atomic E-state index is -0.00359. The van der Waals surface area contributed by atoms with Crippen LogP contribution in [0.3, 0.4) is 0 Å². The highest BCUT2D eigenvalue weighted by molar-refractivity contribution is 7.09. The molecule has 0 saturated carbocycles. The van der Waals surface area contributed by atoms with Gasteiger partial charge in [-0.05, 0) is 25.3 Å². The smallest absolute Gasteiger partial charge is 0.133 e. The van der Waals surface area contributed by atoms with Crippen LogP contribution in [0.25, 0.3) is 0 Å². The van der Waals surface area contributed by atoms with Gasteiger partial charge in [0.2, 0.25) is 0 Å². The first kappa shape index (κ1) is 13.5. The number of nitrogen functional groups attached to an aromatic ring is 1. The van der Waals surface area contributed by atoms with E-state index < -0.39 is 0 Å². The number of nitrogens with two attached hydrogens (primary N) is 1. The van der Waals surface area contributed by atoms with E-state index in [4.69, 9.17) is 15.9 Å². The zero-order valence-electron chi connectivity index (χ0n) is 11.1. The minimum absolute atomic E-state index is 0.00359. The van der Waals surface area contributed by atoms with Crippen LogP contribution >= 0.6 is 11.3 Å². The fourth-order valence-electron chi connectivity index (χ4n) is 1.95. The SMILES string of the molecule is Cc1cc(OCCc2cccs2)c(C(=N)N)c(C)n1. The Morgan fingerprint density at radius 3 is 2.89 bits per heavy atom. The molecule has 0 aliphatic rings. The zero-order chi connectivity index (χ0) is 13.8. The van der Waals surface area contributed by atoms with Crippen LogP contribution in [-0.2, 0) is 6.42 Å². The molecule has 0 bridgehead atoms. The molecular weight excluding hydrogens is 258 g/mol. The second kappa shape index (κ2) is 5.84. The normalized spacial score (nSPS) is 10.4. The van der Waals surface area contributed by atoms with Crippen LogP contribution in [0.15, 0.2) is 23.6 Å². The molecule has 0 atom stereocenters. The Bertz CT molecular complexity index is 579. The lowest BCUT2D eigenvalue weighted by Crippen LogP contribution is -2.17. The molecule has 2 rings (SSSR count). The Hall–Kier alpha value is -1.88. The Balaban J connectivity index is 2.12. The molecule has 0 saturated heterocycles. The largest absolute Gasteiger partial charge is 0.492 e. The van der Waals surface area contributed by atoms with Gasteiger partial charge in [-0.25, -0.2) is 0 Å². The van der Waals surface area contributed by atoms with Crippen LogP contribution in [-0.4, -0.2) is 17.4 Å². The maximum atomic E-state index is 7.62. The topological polar surface area (TPSA) is 72.0 Å². The van der Waals surface area contributed by atoms with Crippen LogP contribution < -0.4 is 10.5 Å². The third-order valence-corrected chi connectivity index (χ3v) is 3.68. The average molecular weight is 275 g/mol. The molecule has 3 N–H and O–H groups in total. The van der Waals surface area contributed by atoms with E-state index in [1.807, 2.05) is 26.0 Å². The Morgan fingerprint density at radius 1 is 1.47 bits per heavy atom. The molecule has 19 heavy (non-hydrogen) atoms. The van der Waals surface area contributed by atoms with E-state index in [-0.39, 0.29) is 5.84 Å². The van der Waals surface area contributed by atoms with Crippen molar-refractivity contribution in [2.45, 2.75) is 20.3 Å². The van der Waals surface area contributed by atoms with E-state index in [9.17, 15) is 0 Å². The van der Waals surface area contributed by atoms with Crippen molar-refractivity contribution in [3.05, 3.63) is 45.4 Å². The highest BCUT2D eigenvalue weighted by Crippen LogP contribution is 2.22. The van der Waals surface area contributed by atoms with Crippen LogP contribution in [0.5, 0.6) is 5.75 Å². The van der Waals surface area contributed by atoms with Crippen molar-refractivity contribution in [2.75, 3.05) is 6.61 Å². The summed E-state index contributed by atoms with van der Waals surface area (Å²) in [6.45, 7) is 4.32. The predicted molar refractivity (Wildman–Crippen MR) is 78.2 cm³/mol. The number of ether oxygens (including phenoxy) is 1. The molecule has 0 spiro atoms. The number of hydrogen-bond donors (Lipinski definition) is 2. The van der Waals surface area contributed by atoms with Crippen molar-refractivity contribution in [1.82, 2.24) is 4.98 Å². The van der Waals surface area contributed by atoms with E-state index in [0.717, 1.165) is 17.8 Å². The molecule has 2 heterocycles. The van der Waals surface area contributed by atoms with E-state index >= 15 is 0 Å². The first-order chi connectivity index (χ1) is 9.08. The molecule has 4 nitrogen and oxygen atoms in total. The summed E-state index contributed by atoms with van der Waals surface area (Å²) in [4.78, 5) is 5.60. The summed E-state index contributed by atoms with van der Waals surface area (Å²) >= 11 is 1.72. The molecule has 0 aliphatic heterocycles. The average Bonchev–Trinajstić information content (AvgIpc) is 2.80. The lowest BCUT2D eigenvalue weighted by Gasteiger charge is -2.13. The fraction of sp³-hybridized carbons (Fsp3) is 0.286. The van der Waals surface area contributed by atoms with Gasteiger partial charge >= 0.3 is 0 Å². The summed E-state index contributed by atoms with van der Waals surface area (Å²) < 4.78 is 5.78. The molecule has 0 aliphatic carbocycles. The lowest BCUT2D eigenvalue weighted by atomic mass is 10.1. The van der Waals surface area contributed by atoms with Crippen molar-refractivity contribution >= 4 is 17.2 Å². The maximum absolute atomic E-state index is 7.62. The number of aromatic nitrogens is 1. The van der Waals surface area contributed by atoms with Crippen LogP contribution in [0.2, 0.25) is 0 Å². The number of rotatable bonds is 5. The highest BCUT2D eigenvalue weighted by Gasteiger charge is 2.12. The van der Waals surface area contributed by atoms with Crippen LogP contribution in [0.4, 0.5) is 0 Å². The number of thiophene rings is 1. The lowest BCUT2D eigenvalue weighted by molar-refractivity contribution is 0.321. The van der Waals surface area contributed by atoms with Crippen molar-refractivity contribution in [2.24, 2.45) is 5.73 Å². The van der Waals surface area contributed by atoms with Crippen molar-refractivity contribution in [1.29, 1.82) is 5.41 Å². The number of nitrogens with zero attached hydrogens (tertiary/aromatic N) is 1. The molecule has 0 radical (unpaired) electrons. The monoisotopic (exact) mass is 275 g/mol. The Labute approximate surface area is 116 Å². The summed E-state index contributed by atoms with van der Waals surface area (Å²) in [7, 11) is 0. The zero-order valence-corrected chi connectivity index (χ0v) is 11.9. The highest BCUT2D eigenvalue weighted by atomic mass is 32.1. The van der Waals surface area contributed by atoms with Gasteiger partial charge in [0, 0.05) is 23.1 Å². The molecular formula is C14H17N3OS. The van der Waals surface area contributed by atoms with Gasteiger partial charge < -0.3 is 10.5 Å². The van der Waals surface area contributed by atoms with Gasteiger partial charge in [-0.1, -0.05) is 6.07 Å². The number of aryl methyl sites for hydroxylation is 2.